The molecular weight excluding hydrogens is 310 g/mol. The Morgan fingerprint density at radius 2 is 2.10 bits per heavy atom. The average molecular weight is 323 g/mol. The minimum Gasteiger partial charge on any atom is -0.468 e. The molecule has 0 aliphatic rings. The van der Waals surface area contributed by atoms with E-state index in [1.807, 2.05) is 19.1 Å². The fraction of sp³-hybridized carbons (Fsp3) is 0.231. The predicted molar refractivity (Wildman–Crippen MR) is 81.8 cm³/mol. The van der Waals surface area contributed by atoms with E-state index in [9.17, 15) is 9.59 Å². The lowest BCUT2D eigenvalue weighted by Gasteiger charge is -2.03. The van der Waals surface area contributed by atoms with Crippen LogP contribution in [0.5, 0.6) is 0 Å². The highest BCUT2D eigenvalue weighted by molar-refractivity contribution is 8.01. The summed E-state index contributed by atoms with van der Waals surface area (Å²) in [6, 6.07) is 7.30. The van der Waals surface area contributed by atoms with E-state index in [-0.39, 0.29) is 17.6 Å². The largest absolute Gasteiger partial charge is 0.468 e. The van der Waals surface area contributed by atoms with Gasteiger partial charge in [0.2, 0.25) is 5.13 Å². The quantitative estimate of drug-likeness (QED) is 0.517. The van der Waals surface area contributed by atoms with Gasteiger partial charge in [0.05, 0.1) is 12.9 Å². The Bertz CT molecular complexity index is 658. The zero-order valence-corrected chi connectivity index (χ0v) is 13.1. The zero-order chi connectivity index (χ0) is 15.2. The lowest BCUT2D eigenvalue weighted by molar-refractivity contribution is -0.137. The molecule has 6 nitrogen and oxygen atoms in total. The molecule has 1 N–H and O–H groups in total. The topological polar surface area (TPSA) is 81.2 Å². The Balaban J connectivity index is 1.98. The van der Waals surface area contributed by atoms with Crippen LogP contribution in [0.15, 0.2) is 28.6 Å². The van der Waals surface area contributed by atoms with E-state index in [4.69, 9.17) is 0 Å². The van der Waals surface area contributed by atoms with Crippen LogP contribution in [0.3, 0.4) is 0 Å². The van der Waals surface area contributed by atoms with Crippen LogP contribution in [0.25, 0.3) is 0 Å². The molecule has 0 fully saturated rings. The van der Waals surface area contributed by atoms with Crippen molar-refractivity contribution in [2.75, 3.05) is 18.2 Å². The monoisotopic (exact) mass is 323 g/mol. The molecule has 0 spiro atoms. The van der Waals surface area contributed by atoms with Gasteiger partial charge in [0.25, 0.3) is 5.91 Å². The first-order chi connectivity index (χ1) is 10.1. The van der Waals surface area contributed by atoms with E-state index in [2.05, 4.69) is 20.3 Å². The number of aryl methyl sites for hydroxylation is 1. The van der Waals surface area contributed by atoms with Gasteiger partial charge in [-0.1, -0.05) is 41.3 Å². The highest BCUT2D eigenvalue weighted by atomic mass is 32.2. The molecule has 0 saturated carbocycles. The molecular formula is C13H13N3O3S2. The molecule has 21 heavy (non-hydrogen) atoms. The van der Waals surface area contributed by atoms with Gasteiger partial charge in [-0.15, -0.1) is 10.2 Å². The Hall–Kier alpha value is -1.93. The summed E-state index contributed by atoms with van der Waals surface area (Å²) < 4.78 is 5.14. The van der Waals surface area contributed by atoms with Crippen LogP contribution in [0.4, 0.5) is 5.13 Å². The van der Waals surface area contributed by atoms with Crippen LogP contribution in [-0.2, 0) is 9.53 Å². The Kier molecular flexibility index (Phi) is 5.29. The lowest BCUT2D eigenvalue weighted by Crippen LogP contribution is -2.12. The van der Waals surface area contributed by atoms with Crippen molar-refractivity contribution < 1.29 is 14.3 Å². The van der Waals surface area contributed by atoms with Gasteiger partial charge in [-0.25, -0.2) is 0 Å². The number of hydrogen-bond acceptors (Lipinski definition) is 7. The molecule has 0 aliphatic carbocycles. The Morgan fingerprint density at radius 3 is 2.81 bits per heavy atom. The van der Waals surface area contributed by atoms with E-state index < -0.39 is 0 Å². The normalized spacial score (nSPS) is 10.2. The number of methoxy groups -OCH3 is 1. The van der Waals surface area contributed by atoms with Gasteiger partial charge in [-0.05, 0) is 18.6 Å². The van der Waals surface area contributed by atoms with E-state index in [0.717, 1.165) is 5.56 Å². The molecule has 0 unspecified atom stereocenters. The van der Waals surface area contributed by atoms with Gasteiger partial charge >= 0.3 is 5.97 Å². The fourth-order valence-electron chi connectivity index (χ4n) is 1.49. The molecule has 0 saturated heterocycles. The molecule has 1 aromatic carbocycles. The molecule has 110 valence electrons. The second-order valence-electron chi connectivity index (χ2n) is 4.01. The van der Waals surface area contributed by atoms with E-state index in [1.165, 1.54) is 30.2 Å². The number of hydrogen-bond donors (Lipinski definition) is 1. The third kappa shape index (κ3) is 4.27. The van der Waals surface area contributed by atoms with Crippen molar-refractivity contribution in [2.24, 2.45) is 0 Å². The average Bonchev–Trinajstić information content (AvgIpc) is 2.92. The summed E-state index contributed by atoms with van der Waals surface area (Å²) in [6.45, 7) is 1.87. The maximum Gasteiger partial charge on any atom is 0.316 e. The van der Waals surface area contributed by atoms with Crippen molar-refractivity contribution in [3.63, 3.8) is 0 Å². The summed E-state index contributed by atoms with van der Waals surface area (Å²) in [5.41, 5.74) is 1.48. The van der Waals surface area contributed by atoms with Crippen molar-refractivity contribution in [2.45, 2.75) is 11.3 Å². The predicted octanol–water partition coefficient (Wildman–Crippen LogP) is 2.36. The van der Waals surface area contributed by atoms with Crippen LogP contribution in [0.1, 0.15) is 15.9 Å². The summed E-state index contributed by atoms with van der Waals surface area (Å²) >= 11 is 2.43. The molecule has 2 aromatic rings. The van der Waals surface area contributed by atoms with Gasteiger partial charge < -0.3 is 4.74 Å². The highest BCUT2D eigenvalue weighted by Crippen LogP contribution is 2.25. The molecule has 0 bridgehead atoms. The number of ether oxygens (including phenoxy) is 1. The summed E-state index contributed by atoms with van der Waals surface area (Å²) in [5, 5.41) is 10.9. The van der Waals surface area contributed by atoms with Crippen LogP contribution < -0.4 is 5.32 Å². The van der Waals surface area contributed by atoms with Crippen molar-refractivity contribution in [1.82, 2.24) is 10.2 Å². The molecule has 0 aliphatic heterocycles. The number of nitrogens with one attached hydrogen (secondary N) is 1. The standard InChI is InChI=1S/C13H13N3O3S2/c1-8-5-3-4-6-9(8)11(18)14-12-15-16-13(21-12)20-7-10(17)19-2/h3-6H,7H2,1-2H3,(H,14,15,18). The molecule has 8 heteroatoms. The number of esters is 1. The number of anilines is 1. The number of aromatic nitrogens is 2. The number of carbonyl (C=O) groups excluding carboxylic acids is 2. The highest BCUT2D eigenvalue weighted by Gasteiger charge is 2.13. The van der Waals surface area contributed by atoms with E-state index in [1.54, 1.807) is 12.1 Å². The number of thioether (sulfide) groups is 1. The second-order valence-corrected chi connectivity index (χ2v) is 6.21. The van der Waals surface area contributed by atoms with Crippen molar-refractivity contribution in [3.05, 3.63) is 35.4 Å². The van der Waals surface area contributed by atoms with Crippen LogP contribution in [0.2, 0.25) is 0 Å². The van der Waals surface area contributed by atoms with Gasteiger partial charge in [-0.2, -0.15) is 0 Å². The molecule has 1 heterocycles. The van der Waals surface area contributed by atoms with Crippen molar-refractivity contribution in [1.29, 1.82) is 0 Å². The second kappa shape index (κ2) is 7.19. The molecule has 0 radical (unpaired) electrons. The minimum absolute atomic E-state index is 0.164. The fourth-order valence-corrected chi connectivity index (χ4v) is 3.07. The number of carbonyl (C=O) groups is 2. The third-order valence-electron chi connectivity index (χ3n) is 2.56. The van der Waals surface area contributed by atoms with Crippen molar-refractivity contribution in [3.8, 4) is 0 Å². The third-order valence-corrected chi connectivity index (χ3v) is 4.50. The smallest absolute Gasteiger partial charge is 0.316 e. The lowest BCUT2D eigenvalue weighted by atomic mass is 10.1. The Labute approximate surface area is 129 Å². The zero-order valence-electron chi connectivity index (χ0n) is 11.5. The van der Waals surface area contributed by atoms with Crippen LogP contribution >= 0.6 is 23.1 Å². The number of rotatable bonds is 5. The Morgan fingerprint density at radius 1 is 1.33 bits per heavy atom. The van der Waals surface area contributed by atoms with Gasteiger partial charge in [-0.3, -0.25) is 14.9 Å². The summed E-state index contributed by atoms with van der Waals surface area (Å²) in [7, 11) is 1.33. The van der Waals surface area contributed by atoms with E-state index in [0.29, 0.717) is 15.0 Å². The maximum absolute atomic E-state index is 12.1. The minimum atomic E-state index is -0.333. The molecule has 1 aromatic heterocycles. The summed E-state index contributed by atoms with van der Waals surface area (Å²) in [5.74, 6) is -0.397. The molecule has 0 atom stereocenters. The van der Waals surface area contributed by atoms with Gasteiger partial charge in [0.15, 0.2) is 4.34 Å². The first kappa shape index (κ1) is 15.5. The van der Waals surface area contributed by atoms with Crippen LogP contribution in [0, 0.1) is 6.92 Å². The van der Waals surface area contributed by atoms with Gasteiger partial charge in [0.1, 0.15) is 0 Å². The van der Waals surface area contributed by atoms with E-state index >= 15 is 0 Å². The van der Waals surface area contributed by atoms with Gasteiger partial charge in [0, 0.05) is 5.56 Å². The van der Waals surface area contributed by atoms with Crippen LogP contribution in [-0.4, -0.2) is 34.9 Å². The first-order valence-corrected chi connectivity index (χ1v) is 7.80. The summed E-state index contributed by atoms with van der Waals surface area (Å²) in [6.07, 6.45) is 0. The van der Waals surface area contributed by atoms with Crippen molar-refractivity contribution >= 4 is 40.1 Å². The SMILES string of the molecule is COC(=O)CSc1nnc(NC(=O)c2ccccc2C)s1. The maximum atomic E-state index is 12.1. The number of amides is 1. The number of nitrogens with zero attached hydrogens (tertiary/aromatic N) is 2. The first-order valence-electron chi connectivity index (χ1n) is 6.00. The molecule has 1 amide bonds. The number of benzene rings is 1. The molecule has 2 rings (SSSR count). The summed E-state index contributed by atoms with van der Waals surface area (Å²) in [4.78, 5) is 23.1.